The molecule has 2 rings (SSSR count). The fourth-order valence-electron chi connectivity index (χ4n) is 2.23. The summed E-state index contributed by atoms with van der Waals surface area (Å²) >= 11 is 6.30. The smallest absolute Gasteiger partial charge is 0.224 e. The standard InChI is InChI=1S/C14H19ClN2O/c1-2-14(18)16-11-6-7-13(12(15)10-11)17-8-4-3-5-9-17/h6-7,10H,2-5,8-9H2,1H3,(H,16,18). The molecular weight excluding hydrogens is 248 g/mol. The van der Waals surface area contributed by atoms with Gasteiger partial charge in [-0.15, -0.1) is 0 Å². The van der Waals surface area contributed by atoms with E-state index in [9.17, 15) is 4.79 Å². The van der Waals surface area contributed by atoms with Crippen LogP contribution in [0.3, 0.4) is 0 Å². The predicted octanol–water partition coefficient (Wildman–Crippen LogP) is 3.68. The minimum absolute atomic E-state index is 0.0109. The van der Waals surface area contributed by atoms with Gasteiger partial charge in [0.1, 0.15) is 0 Å². The molecule has 0 spiro atoms. The van der Waals surface area contributed by atoms with Crippen molar-refractivity contribution < 1.29 is 4.79 Å². The van der Waals surface area contributed by atoms with Crippen molar-refractivity contribution in [1.29, 1.82) is 0 Å². The monoisotopic (exact) mass is 266 g/mol. The molecule has 1 heterocycles. The van der Waals surface area contributed by atoms with Gasteiger partial charge in [0.25, 0.3) is 0 Å². The largest absolute Gasteiger partial charge is 0.370 e. The summed E-state index contributed by atoms with van der Waals surface area (Å²) in [5.41, 5.74) is 1.85. The number of nitrogens with one attached hydrogen (secondary N) is 1. The molecule has 1 aromatic rings. The van der Waals surface area contributed by atoms with Crippen molar-refractivity contribution in [3.05, 3.63) is 23.2 Å². The van der Waals surface area contributed by atoms with Crippen molar-refractivity contribution in [3.8, 4) is 0 Å². The summed E-state index contributed by atoms with van der Waals surface area (Å²) in [7, 11) is 0. The van der Waals surface area contributed by atoms with Crippen LogP contribution in [0, 0.1) is 0 Å². The lowest BCUT2D eigenvalue weighted by molar-refractivity contribution is -0.115. The normalized spacial score (nSPS) is 15.6. The molecule has 1 N–H and O–H groups in total. The van der Waals surface area contributed by atoms with E-state index in [1.165, 1.54) is 19.3 Å². The Morgan fingerprint density at radius 2 is 2.06 bits per heavy atom. The number of amides is 1. The first-order valence-electron chi connectivity index (χ1n) is 6.55. The van der Waals surface area contributed by atoms with Gasteiger partial charge >= 0.3 is 0 Å². The van der Waals surface area contributed by atoms with Gasteiger partial charge in [-0.25, -0.2) is 0 Å². The Labute approximate surface area is 113 Å². The first kappa shape index (κ1) is 13.2. The summed E-state index contributed by atoms with van der Waals surface area (Å²) in [6.45, 7) is 3.97. The van der Waals surface area contributed by atoms with Crippen molar-refractivity contribution in [2.45, 2.75) is 32.6 Å². The fourth-order valence-corrected chi connectivity index (χ4v) is 2.53. The second-order valence-corrected chi connectivity index (χ2v) is 5.02. The second kappa shape index (κ2) is 6.10. The third kappa shape index (κ3) is 3.16. The average Bonchev–Trinajstić information content (AvgIpc) is 2.40. The van der Waals surface area contributed by atoms with Crippen LogP contribution in [0.25, 0.3) is 0 Å². The molecule has 0 aliphatic carbocycles. The number of piperidine rings is 1. The quantitative estimate of drug-likeness (QED) is 0.905. The molecule has 3 nitrogen and oxygen atoms in total. The van der Waals surface area contributed by atoms with E-state index in [0.29, 0.717) is 11.4 Å². The van der Waals surface area contributed by atoms with Gasteiger partial charge in [0.05, 0.1) is 10.7 Å². The minimum Gasteiger partial charge on any atom is -0.370 e. The van der Waals surface area contributed by atoms with Crippen molar-refractivity contribution in [2.75, 3.05) is 23.3 Å². The Morgan fingerprint density at radius 3 is 2.67 bits per heavy atom. The molecular formula is C14H19ClN2O. The average molecular weight is 267 g/mol. The number of anilines is 2. The number of nitrogens with zero attached hydrogens (tertiary/aromatic N) is 1. The zero-order chi connectivity index (χ0) is 13.0. The van der Waals surface area contributed by atoms with E-state index >= 15 is 0 Å². The van der Waals surface area contributed by atoms with E-state index < -0.39 is 0 Å². The van der Waals surface area contributed by atoms with Gasteiger partial charge in [0.2, 0.25) is 5.91 Å². The first-order chi connectivity index (χ1) is 8.70. The molecule has 18 heavy (non-hydrogen) atoms. The molecule has 0 bridgehead atoms. The highest BCUT2D eigenvalue weighted by molar-refractivity contribution is 6.33. The van der Waals surface area contributed by atoms with Gasteiger partial charge in [0, 0.05) is 25.2 Å². The van der Waals surface area contributed by atoms with Crippen LogP contribution < -0.4 is 10.2 Å². The summed E-state index contributed by atoms with van der Waals surface area (Å²) in [5.74, 6) is 0.0109. The lowest BCUT2D eigenvalue weighted by atomic mass is 10.1. The van der Waals surface area contributed by atoms with Gasteiger partial charge in [-0.2, -0.15) is 0 Å². The van der Waals surface area contributed by atoms with Crippen LogP contribution in [-0.2, 0) is 4.79 Å². The van der Waals surface area contributed by atoms with E-state index in [4.69, 9.17) is 11.6 Å². The molecule has 1 amide bonds. The van der Waals surface area contributed by atoms with Gasteiger partial charge in [-0.3, -0.25) is 4.79 Å². The Kier molecular flexibility index (Phi) is 4.48. The van der Waals surface area contributed by atoms with Crippen LogP contribution in [0.1, 0.15) is 32.6 Å². The number of carbonyl (C=O) groups excluding carboxylic acids is 1. The Hall–Kier alpha value is -1.22. The molecule has 0 saturated carbocycles. The predicted molar refractivity (Wildman–Crippen MR) is 76.4 cm³/mol. The van der Waals surface area contributed by atoms with Crippen LogP contribution in [0.4, 0.5) is 11.4 Å². The van der Waals surface area contributed by atoms with Crippen molar-refractivity contribution in [1.82, 2.24) is 0 Å². The van der Waals surface area contributed by atoms with E-state index in [1.807, 2.05) is 25.1 Å². The van der Waals surface area contributed by atoms with Crippen molar-refractivity contribution in [3.63, 3.8) is 0 Å². The van der Waals surface area contributed by atoms with Crippen molar-refractivity contribution >= 4 is 28.9 Å². The lowest BCUT2D eigenvalue weighted by Crippen LogP contribution is -2.29. The maximum Gasteiger partial charge on any atom is 0.224 e. The SMILES string of the molecule is CCC(=O)Nc1ccc(N2CCCCC2)c(Cl)c1. The Balaban J connectivity index is 2.11. The van der Waals surface area contributed by atoms with Crippen LogP contribution >= 0.6 is 11.6 Å². The lowest BCUT2D eigenvalue weighted by Gasteiger charge is -2.29. The highest BCUT2D eigenvalue weighted by atomic mass is 35.5. The maximum atomic E-state index is 11.3. The molecule has 1 aromatic carbocycles. The van der Waals surface area contributed by atoms with Gasteiger partial charge in [0.15, 0.2) is 0 Å². The maximum absolute atomic E-state index is 11.3. The third-order valence-electron chi connectivity index (χ3n) is 3.25. The second-order valence-electron chi connectivity index (χ2n) is 4.62. The fraction of sp³-hybridized carbons (Fsp3) is 0.500. The molecule has 1 aliphatic heterocycles. The molecule has 4 heteroatoms. The highest BCUT2D eigenvalue weighted by Crippen LogP contribution is 2.30. The van der Waals surface area contributed by atoms with E-state index in [0.717, 1.165) is 24.5 Å². The zero-order valence-electron chi connectivity index (χ0n) is 10.7. The van der Waals surface area contributed by atoms with Crippen LogP contribution in [0.5, 0.6) is 0 Å². The van der Waals surface area contributed by atoms with Gasteiger partial charge in [-0.1, -0.05) is 18.5 Å². The molecule has 0 radical (unpaired) electrons. The first-order valence-corrected chi connectivity index (χ1v) is 6.93. The highest BCUT2D eigenvalue weighted by Gasteiger charge is 2.14. The molecule has 98 valence electrons. The summed E-state index contributed by atoms with van der Waals surface area (Å²) in [6.07, 6.45) is 4.24. The molecule has 0 aromatic heterocycles. The van der Waals surface area contributed by atoms with Gasteiger partial charge < -0.3 is 10.2 Å². The number of rotatable bonds is 3. The van der Waals surface area contributed by atoms with E-state index in [1.54, 1.807) is 0 Å². The van der Waals surface area contributed by atoms with Crippen LogP contribution in [0.2, 0.25) is 5.02 Å². The summed E-state index contributed by atoms with van der Waals surface area (Å²) in [4.78, 5) is 13.6. The van der Waals surface area contributed by atoms with E-state index in [-0.39, 0.29) is 5.91 Å². The van der Waals surface area contributed by atoms with Crippen LogP contribution in [0.15, 0.2) is 18.2 Å². The summed E-state index contributed by atoms with van der Waals surface area (Å²) in [6, 6.07) is 5.75. The minimum atomic E-state index is 0.0109. The van der Waals surface area contributed by atoms with E-state index in [2.05, 4.69) is 10.2 Å². The Morgan fingerprint density at radius 1 is 1.33 bits per heavy atom. The molecule has 1 saturated heterocycles. The summed E-state index contributed by atoms with van der Waals surface area (Å²) in [5, 5.41) is 3.53. The number of benzene rings is 1. The third-order valence-corrected chi connectivity index (χ3v) is 3.55. The number of halogens is 1. The zero-order valence-corrected chi connectivity index (χ0v) is 11.5. The summed E-state index contributed by atoms with van der Waals surface area (Å²) < 4.78 is 0. The van der Waals surface area contributed by atoms with Gasteiger partial charge in [-0.05, 0) is 37.5 Å². The molecule has 0 unspecified atom stereocenters. The number of hydrogen-bond acceptors (Lipinski definition) is 2. The number of carbonyl (C=O) groups is 1. The molecule has 1 aliphatic rings. The number of hydrogen-bond donors (Lipinski definition) is 1. The van der Waals surface area contributed by atoms with Crippen molar-refractivity contribution in [2.24, 2.45) is 0 Å². The van der Waals surface area contributed by atoms with Crippen LogP contribution in [-0.4, -0.2) is 19.0 Å². The Bertz CT molecular complexity index is 428. The molecule has 0 atom stereocenters. The molecule has 1 fully saturated rings. The topological polar surface area (TPSA) is 32.3 Å².